The van der Waals surface area contributed by atoms with Crippen molar-refractivity contribution in [3.63, 3.8) is 0 Å². The number of fused-ring (bicyclic) bond motifs is 1. The van der Waals surface area contributed by atoms with Gasteiger partial charge in [-0.1, -0.05) is 12.1 Å². The second kappa shape index (κ2) is 7.87. The van der Waals surface area contributed by atoms with Crippen LogP contribution in [-0.2, 0) is 0 Å². The molecule has 0 aliphatic carbocycles. The predicted molar refractivity (Wildman–Crippen MR) is 112 cm³/mol. The number of aromatic nitrogens is 2. The number of piperidine rings is 1. The van der Waals surface area contributed by atoms with Crippen molar-refractivity contribution in [3.8, 4) is 6.07 Å². The maximum atomic E-state index is 10.0. The van der Waals surface area contributed by atoms with Crippen LogP contribution in [0.3, 0.4) is 0 Å². The van der Waals surface area contributed by atoms with Crippen LogP contribution in [0, 0.1) is 18.3 Å². The van der Waals surface area contributed by atoms with Crippen LogP contribution in [-0.4, -0.2) is 35.6 Å². The topological polar surface area (TPSA) is 88.9 Å². The summed E-state index contributed by atoms with van der Waals surface area (Å²) in [4.78, 5) is 11.3. The molecule has 0 bridgehead atoms. The van der Waals surface area contributed by atoms with Gasteiger partial charge in [-0.05, 0) is 57.5 Å². The normalized spacial score (nSPS) is 18.2. The molecule has 7 nitrogen and oxygen atoms in total. The summed E-state index contributed by atoms with van der Waals surface area (Å²) >= 11 is 0. The van der Waals surface area contributed by atoms with Crippen molar-refractivity contribution in [1.29, 1.82) is 5.26 Å². The molecule has 2 aliphatic rings. The summed E-state index contributed by atoms with van der Waals surface area (Å²) in [5.41, 5.74) is 4.17. The van der Waals surface area contributed by atoms with Gasteiger partial charge >= 0.3 is 0 Å². The van der Waals surface area contributed by atoms with Crippen molar-refractivity contribution in [2.75, 3.05) is 35.2 Å². The second-order valence-electron chi connectivity index (χ2n) is 7.12. The van der Waals surface area contributed by atoms with Gasteiger partial charge in [0.1, 0.15) is 17.5 Å². The Kier molecular flexibility index (Phi) is 5.13. The number of nitriles is 1. The highest BCUT2D eigenvalue weighted by molar-refractivity contribution is 5.91. The number of hydrogen-bond donors (Lipinski definition) is 3. The predicted octanol–water partition coefficient (Wildman–Crippen LogP) is 3.09. The minimum absolute atomic E-state index is 0.357. The Balaban J connectivity index is 1.71. The van der Waals surface area contributed by atoms with Crippen LogP contribution in [0.1, 0.15) is 31.0 Å². The first-order chi connectivity index (χ1) is 13.7. The maximum Gasteiger partial charge on any atom is 0.223 e. The van der Waals surface area contributed by atoms with E-state index in [1.807, 2.05) is 25.1 Å². The molecule has 28 heavy (non-hydrogen) atoms. The molecule has 2 aromatic rings. The van der Waals surface area contributed by atoms with Crippen LogP contribution in [0.15, 0.2) is 36.3 Å². The Bertz CT molecular complexity index is 938. The van der Waals surface area contributed by atoms with Gasteiger partial charge in [0, 0.05) is 18.8 Å². The number of nitrogens with zero attached hydrogens (tertiary/aromatic N) is 4. The molecule has 0 amide bonds. The fourth-order valence-corrected chi connectivity index (χ4v) is 3.79. The third kappa shape index (κ3) is 3.39. The third-order valence-corrected chi connectivity index (χ3v) is 5.26. The summed E-state index contributed by atoms with van der Waals surface area (Å²) in [7, 11) is 0. The number of aryl methyl sites for hydroxylation is 1. The molecule has 2 aliphatic heterocycles. The van der Waals surface area contributed by atoms with Gasteiger partial charge in [-0.2, -0.15) is 5.26 Å². The standard InChI is InChI=1S/C21H25N7/c1-3-28-18-7-5-4-6-17(18)26-20(28)16(12-22)19-14(2)13-24-21(27-19)25-15-8-10-23-11-9-15/h4-7,13,15,23,26H,3,8-11H2,1-2H3,(H,24,25,27)/b20-16+. The Morgan fingerprint density at radius 1 is 1.32 bits per heavy atom. The van der Waals surface area contributed by atoms with Gasteiger partial charge in [-0.3, -0.25) is 0 Å². The molecule has 4 rings (SSSR count). The van der Waals surface area contributed by atoms with Gasteiger partial charge in [0.2, 0.25) is 5.95 Å². The molecule has 1 saturated heterocycles. The van der Waals surface area contributed by atoms with E-state index in [9.17, 15) is 5.26 Å². The highest BCUT2D eigenvalue weighted by atomic mass is 15.3. The number of allylic oxidation sites excluding steroid dienone is 1. The Morgan fingerprint density at radius 2 is 2.11 bits per heavy atom. The number of anilines is 3. The van der Waals surface area contributed by atoms with Crippen molar-refractivity contribution in [2.24, 2.45) is 0 Å². The summed E-state index contributed by atoms with van der Waals surface area (Å²) < 4.78 is 0. The molecule has 1 aromatic carbocycles. The minimum atomic E-state index is 0.357. The number of nitrogens with one attached hydrogen (secondary N) is 3. The van der Waals surface area contributed by atoms with Crippen molar-refractivity contribution in [3.05, 3.63) is 47.5 Å². The first kappa shape index (κ1) is 18.3. The zero-order valence-electron chi connectivity index (χ0n) is 16.3. The van der Waals surface area contributed by atoms with Gasteiger partial charge < -0.3 is 20.9 Å². The van der Waals surface area contributed by atoms with E-state index in [0.29, 0.717) is 23.3 Å². The lowest BCUT2D eigenvalue weighted by molar-refractivity contribution is 0.477. The number of rotatable bonds is 4. The summed E-state index contributed by atoms with van der Waals surface area (Å²) in [5.74, 6) is 1.36. The summed E-state index contributed by atoms with van der Waals surface area (Å²) in [6, 6.07) is 10.8. The summed E-state index contributed by atoms with van der Waals surface area (Å²) in [6.45, 7) is 6.78. The Labute approximate surface area is 165 Å². The van der Waals surface area contributed by atoms with Crippen LogP contribution in [0.5, 0.6) is 0 Å². The van der Waals surface area contributed by atoms with E-state index >= 15 is 0 Å². The van der Waals surface area contributed by atoms with Crippen molar-refractivity contribution in [2.45, 2.75) is 32.7 Å². The molecule has 0 atom stereocenters. The quantitative estimate of drug-likeness (QED) is 0.708. The number of benzene rings is 1. The zero-order valence-corrected chi connectivity index (χ0v) is 16.3. The van der Waals surface area contributed by atoms with Crippen LogP contribution < -0.4 is 20.9 Å². The van der Waals surface area contributed by atoms with Crippen LogP contribution in [0.2, 0.25) is 0 Å². The molecule has 0 radical (unpaired) electrons. The van der Waals surface area contributed by atoms with E-state index in [1.165, 1.54) is 0 Å². The molecular formula is C21H25N7. The molecular weight excluding hydrogens is 350 g/mol. The minimum Gasteiger partial charge on any atom is -0.351 e. The molecule has 1 aromatic heterocycles. The molecule has 3 N–H and O–H groups in total. The van der Waals surface area contributed by atoms with Crippen molar-refractivity contribution in [1.82, 2.24) is 15.3 Å². The molecule has 144 valence electrons. The van der Waals surface area contributed by atoms with Crippen LogP contribution >= 0.6 is 0 Å². The Morgan fingerprint density at radius 3 is 2.86 bits per heavy atom. The van der Waals surface area contributed by atoms with E-state index in [0.717, 1.165) is 55.2 Å². The lowest BCUT2D eigenvalue weighted by Gasteiger charge is -2.24. The molecule has 3 heterocycles. The van der Waals surface area contributed by atoms with Gasteiger partial charge in [0.15, 0.2) is 0 Å². The number of para-hydroxylation sites is 2. The lowest BCUT2D eigenvalue weighted by atomic mass is 10.1. The fourth-order valence-electron chi connectivity index (χ4n) is 3.79. The van der Waals surface area contributed by atoms with Crippen LogP contribution in [0.4, 0.5) is 17.3 Å². The molecule has 7 heteroatoms. The second-order valence-corrected chi connectivity index (χ2v) is 7.12. The van der Waals surface area contributed by atoms with Gasteiger partial charge in [-0.25, -0.2) is 9.97 Å². The monoisotopic (exact) mass is 375 g/mol. The molecule has 1 fully saturated rings. The van der Waals surface area contributed by atoms with E-state index in [1.54, 1.807) is 6.20 Å². The fraction of sp³-hybridized carbons (Fsp3) is 0.381. The average Bonchev–Trinajstić information content (AvgIpc) is 3.10. The van der Waals surface area contributed by atoms with Crippen molar-refractivity contribution >= 4 is 22.9 Å². The largest absolute Gasteiger partial charge is 0.351 e. The number of hydrogen-bond acceptors (Lipinski definition) is 7. The average molecular weight is 375 g/mol. The van der Waals surface area contributed by atoms with Gasteiger partial charge in [-0.15, -0.1) is 0 Å². The van der Waals surface area contributed by atoms with Gasteiger partial charge in [0.25, 0.3) is 0 Å². The molecule has 0 unspecified atom stereocenters. The van der Waals surface area contributed by atoms with E-state index in [-0.39, 0.29) is 0 Å². The highest BCUT2D eigenvalue weighted by Crippen LogP contribution is 2.38. The van der Waals surface area contributed by atoms with Crippen molar-refractivity contribution < 1.29 is 0 Å². The maximum absolute atomic E-state index is 10.0. The van der Waals surface area contributed by atoms with E-state index in [4.69, 9.17) is 4.98 Å². The third-order valence-electron chi connectivity index (χ3n) is 5.26. The molecule has 0 spiro atoms. The first-order valence-electron chi connectivity index (χ1n) is 9.80. The Hall–Kier alpha value is -3.11. The molecule has 0 saturated carbocycles. The summed E-state index contributed by atoms with van der Waals surface area (Å²) in [5, 5.41) is 20.2. The first-order valence-corrected chi connectivity index (χ1v) is 9.80. The van der Waals surface area contributed by atoms with Gasteiger partial charge in [0.05, 0.1) is 17.1 Å². The zero-order chi connectivity index (χ0) is 19.5. The summed E-state index contributed by atoms with van der Waals surface area (Å²) in [6.07, 6.45) is 3.88. The van der Waals surface area contributed by atoms with E-state index < -0.39 is 0 Å². The lowest BCUT2D eigenvalue weighted by Crippen LogP contribution is -2.35. The SMILES string of the molecule is CCN1/C(=C(\C#N)c2nc(NC3CCNCC3)ncc2C)Nc2ccccc21. The smallest absolute Gasteiger partial charge is 0.223 e. The highest BCUT2D eigenvalue weighted by Gasteiger charge is 2.27. The van der Waals surface area contributed by atoms with E-state index in [2.05, 4.69) is 44.9 Å². The van der Waals surface area contributed by atoms with Crippen LogP contribution in [0.25, 0.3) is 5.57 Å².